The summed E-state index contributed by atoms with van der Waals surface area (Å²) in [4.78, 5) is 11.0. The number of rotatable bonds is 4. The Balaban J connectivity index is 2.67. The Bertz CT molecular complexity index is 356. The Morgan fingerprint density at radius 3 is 3.00 bits per heavy atom. The molecule has 0 unspecified atom stereocenters. The molecule has 1 N–H and O–H groups in total. The zero-order valence-electron chi connectivity index (χ0n) is 8.64. The predicted octanol–water partition coefficient (Wildman–Crippen LogP) is 1.76. The predicted molar refractivity (Wildman–Crippen MR) is 58.0 cm³/mol. The van der Waals surface area contributed by atoms with Gasteiger partial charge in [0.05, 0.1) is 13.2 Å². The van der Waals surface area contributed by atoms with E-state index in [1.54, 1.807) is 13.0 Å². The van der Waals surface area contributed by atoms with Crippen LogP contribution in [0.1, 0.15) is 18.1 Å². The number of ether oxygens (including phenoxy) is 1. The first-order valence-electron chi connectivity index (χ1n) is 4.81. The molecule has 0 aliphatic rings. The summed E-state index contributed by atoms with van der Waals surface area (Å²) in [5.74, 6) is -0.355. The number of carbonyl (C=O) groups excluding carboxylic acids is 1. The van der Waals surface area contributed by atoms with Crippen molar-refractivity contribution in [2.75, 3.05) is 6.61 Å². The summed E-state index contributed by atoms with van der Waals surface area (Å²) >= 11 is 0. The topological polar surface area (TPSA) is 46.5 Å². The number of aliphatic hydroxyl groups is 1. The molecule has 0 bridgehead atoms. The van der Waals surface area contributed by atoms with Crippen LogP contribution in [0.15, 0.2) is 30.3 Å². The maximum atomic E-state index is 11.0. The molecule has 0 atom stereocenters. The molecule has 3 heteroatoms. The maximum Gasteiger partial charge on any atom is 0.330 e. The zero-order valence-corrected chi connectivity index (χ0v) is 8.64. The van der Waals surface area contributed by atoms with Crippen molar-refractivity contribution in [3.8, 4) is 0 Å². The van der Waals surface area contributed by atoms with E-state index >= 15 is 0 Å². The molecule has 0 spiro atoms. The largest absolute Gasteiger partial charge is 0.463 e. The lowest BCUT2D eigenvalue weighted by atomic mass is 10.1. The molecule has 80 valence electrons. The highest BCUT2D eigenvalue weighted by Gasteiger charge is 1.95. The van der Waals surface area contributed by atoms with E-state index < -0.39 is 0 Å². The van der Waals surface area contributed by atoms with Crippen LogP contribution in [0.4, 0.5) is 0 Å². The lowest BCUT2D eigenvalue weighted by molar-refractivity contribution is -0.137. The average molecular weight is 206 g/mol. The number of carbonyl (C=O) groups is 1. The monoisotopic (exact) mass is 206 g/mol. The van der Waals surface area contributed by atoms with Gasteiger partial charge in [0.15, 0.2) is 0 Å². The second kappa shape index (κ2) is 5.98. The summed E-state index contributed by atoms with van der Waals surface area (Å²) in [6.45, 7) is 2.14. The molecular formula is C12H14O3. The number of esters is 1. The van der Waals surface area contributed by atoms with Crippen LogP contribution in [-0.4, -0.2) is 17.7 Å². The van der Waals surface area contributed by atoms with Gasteiger partial charge in [0.1, 0.15) is 0 Å². The van der Waals surface area contributed by atoms with Crippen molar-refractivity contribution in [2.45, 2.75) is 13.5 Å². The van der Waals surface area contributed by atoms with Crippen LogP contribution in [-0.2, 0) is 16.1 Å². The standard InChI is InChI=1S/C12H14O3/c1-2-15-12(14)7-6-10-4-3-5-11(8-10)9-13/h3-8,13H,2,9H2,1H3/b7-6+. The van der Waals surface area contributed by atoms with Crippen molar-refractivity contribution < 1.29 is 14.6 Å². The molecule has 0 aromatic heterocycles. The Morgan fingerprint density at radius 1 is 1.53 bits per heavy atom. The summed E-state index contributed by atoms with van der Waals surface area (Å²) in [5.41, 5.74) is 1.69. The quantitative estimate of drug-likeness (QED) is 0.603. The Morgan fingerprint density at radius 2 is 2.33 bits per heavy atom. The minimum Gasteiger partial charge on any atom is -0.463 e. The van der Waals surface area contributed by atoms with Gasteiger partial charge in [-0.15, -0.1) is 0 Å². The number of benzene rings is 1. The third-order valence-corrected chi connectivity index (χ3v) is 1.83. The third-order valence-electron chi connectivity index (χ3n) is 1.83. The van der Waals surface area contributed by atoms with Gasteiger partial charge < -0.3 is 9.84 Å². The molecule has 1 aromatic carbocycles. The minimum absolute atomic E-state index is 0.00108. The Labute approximate surface area is 89.0 Å². The zero-order chi connectivity index (χ0) is 11.1. The molecule has 0 heterocycles. The first-order chi connectivity index (χ1) is 7.26. The van der Waals surface area contributed by atoms with Gasteiger partial charge in [0.2, 0.25) is 0 Å². The van der Waals surface area contributed by atoms with Crippen LogP contribution >= 0.6 is 0 Å². The van der Waals surface area contributed by atoms with Crippen LogP contribution in [0.2, 0.25) is 0 Å². The molecule has 0 aliphatic carbocycles. The van der Waals surface area contributed by atoms with E-state index in [0.29, 0.717) is 6.61 Å². The molecule has 3 nitrogen and oxygen atoms in total. The van der Waals surface area contributed by atoms with Crippen molar-refractivity contribution in [3.05, 3.63) is 41.5 Å². The smallest absolute Gasteiger partial charge is 0.330 e. The van der Waals surface area contributed by atoms with Crippen LogP contribution in [0.5, 0.6) is 0 Å². The fourth-order valence-corrected chi connectivity index (χ4v) is 1.15. The average Bonchev–Trinajstić information content (AvgIpc) is 2.27. The molecule has 15 heavy (non-hydrogen) atoms. The van der Waals surface area contributed by atoms with E-state index in [4.69, 9.17) is 9.84 Å². The number of aliphatic hydroxyl groups excluding tert-OH is 1. The second-order valence-corrected chi connectivity index (χ2v) is 2.99. The number of hydrogen-bond donors (Lipinski definition) is 1. The van der Waals surface area contributed by atoms with E-state index in [0.717, 1.165) is 11.1 Å². The second-order valence-electron chi connectivity index (χ2n) is 2.99. The number of hydrogen-bond acceptors (Lipinski definition) is 3. The summed E-state index contributed by atoms with van der Waals surface area (Å²) in [6, 6.07) is 7.32. The minimum atomic E-state index is -0.355. The van der Waals surface area contributed by atoms with E-state index in [1.807, 2.05) is 24.3 Å². The van der Waals surface area contributed by atoms with Crippen LogP contribution < -0.4 is 0 Å². The lowest BCUT2D eigenvalue weighted by Crippen LogP contribution is -1.98. The molecule has 0 fully saturated rings. The van der Waals surface area contributed by atoms with Crippen molar-refractivity contribution in [1.29, 1.82) is 0 Å². The van der Waals surface area contributed by atoms with Crippen molar-refractivity contribution in [3.63, 3.8) is 0 Å². The highest BCUT2D eigenvalue weighted by molar-refractivity contribution is 5.87. The molecule has 0 amide bonds. The summed E-state index contributed by atoms with van der Waals surface area (Å²) in [5, 5.41) is 8.91. The van der Waals surface area contributed by atoms with Gasteiger partial charge in [-0.2, -0.15) is 0 Å². The molecular weight excluding hydrogens is 192 g/mol. The van der Waals surface area contributed by atoms with Crippen molar-refractivity contribution >= 4 is 12.0 Å². The maximum absolute atomic E-state index is 11.0. The Hall–Kier alpha value is -1.61. The highest BCUT2D eigenvalue weighted by atomic mass is 16.5. The van der Waals surface area contributed by atoms with Crippen molar-refractivity contribution in [1.82, 2.24) is 0 Å². The fraction of sp³-hybridized carbons (Fsp3) is 0.250. The van der Waals surface area contributed by atoms with E-state index in [9.17, 15) is 4.79 Å². The van der Waals surface area contributed by atoms with Crippen LogP contribution in [0.3, 0.4) is 0 Å². The molecule has 0 saturated heterocycles. The molecule has 1 rings (SSSR count). The lowest BCUT2D eigenvalue weighted by Gasteiger charge is -1.98. The van der Waals surface area contributed by atoms with Gasteiger partial charge >= 0.3 is 5.97 Å². The van der Waals surface area contributed by atoms with Crippen LogP contribution in [0.25, 0.3) is 6.08 Å². The van der Waals surface area contributed by atoms with Crippen LogP contribution in [0, 0.1) is 0 Å². The van der Waals surface area contributed by atoms with Gasteiger partial charge in [-0.25, -0.2) is 4.79 Å². The van der Waals surface area contributed by atoms with E-state index in [2.05, 4.69) is 0 Å². The third kappa shape index (κ3) is 3.95. The van der Waals surface area contributed by atoms with Gasteiger partial charge in [0, 0.05) is 6.08 Å². The van der Waals surface area contributed by atoms with Gasteiger partial charge in [-0.3, -0.25) is 0 Å². The summed E-state index contributed by atoms with van der Waals surface area (Å²) in [7, 11) is 0. The highest BCUT2D eigenvalue weighted by Crippen LogP contribution is 2.07. The first-order valence-corrected chi connectivity index (χ1v) is 4.81. The molecule has 0 saturated carbocycles. The summed E-state index contributed by atoms with van der Waals surface area (Å²) in [6.07, 6.45) is 3.04. The SMILES string of the molecule is CCOC(=O)/C=C/c1cccc(CO)c1. The normalized spacial score (nSPS) is 10.5. The van der Waals surface area contributed by atoms with Gasteiger partial charge in [-0.05, 0) is 30.2 Å². The van der Waals surface area contributed by atoms with E-state index in [1.165, 1.54) is 6.08 Å². The summed E-state index contributed by atoms with van der Waals surface area (Å²) < 4.78 is 4.75. The van der Waals surface area contributed by atoms with Crippen molar-refractivity contribution in [2.24, 2.45) is 0 Å². The van der Waals surface area contributed by atoms with Gasteiger partial charge in [0.25, 0.3) is 0 Å². The first kappa shape index (κ1) is 11.5. The molecule has 0 radical (unpaired) electrons. The molecule has 1 aromatic rings. The molecule has 0 aliphatic heterocycles. The van der Waals surface area contributed by atoms with Gasteiger partial charge in [-0.1, -0.05) is 18.2 Å². The fourth-order valence-electron chi connectivity index (χ4n) is 1.15. The Kier molecular flexibility index (Phi) is 4.57. The van der Waals surface area contributed by atoms with E-state index in [-0.39, 0.29) is 12.6 Å².